The Morgan fingerprint density at radius 1 is 1.24 bits per heavy atom. The van der Waals surface area contributed by atoms with E-state index < -0.39 is 0 Å². The second-order valence-electron chi connectivity index (χ2n) is 5.18. The van der Waals surface area contributed by atoms with E-state index in [2.05, 4.69) is 25.8 Å². The molecule has 2 rings (SSSR count). The van der Waals surface area contributed by atoms with E-state index in [1.807, 2.05) is 24.3 Å². The van der Waals surface area contributed by atoms with Crippen LogP contribution in [0.1, 0.15) is 31.9 Å². The van der Waals surface area contributed by atoms with E-state index in [-0.39, 0.29) is 16.5 Å². The third-order valence-electron chi connectivity index (χ3n) is 2.83. The molecule has 1 N–H and O–H groups in total. The second kappa shape index (κ2) is 3.74. The monoisotopic (exact) mass is 226 g/mol. The summed E-state index contributed by atoms with van der Waals surface area (Å²) in [5.74, 6) is 0. The molecular formula is C14H14N2O. The lowest BCUT2D eigenvalue weighted by Gasteiger charge is -2.19. The molecule has 1 aromatic carbocycles. The quantitative estimate of drug-likeness (QED) is 0.750. The maximum Gasteiger partial charge on any atom is 0.266 e. The van der Waals surface area contributed by atoms with Crippen LogP contribution in [0.2, 0.25) is 0 Å². The molecule has 0 radical (unpaired) electrons. The van der Waals surface area contributed by atoms with Gasteiger partial charge in [-0.05, 0) is 34.6 Å². The van der Waals surface area contributed by atoms with E-state index in [4.69, 9.17) is 5.26 Å². The normalized spacial score (nSPS) is 11.4. The minimum Gasteiger partial charge on any atom is -0.321 e. The molecule has 1 aromatic heterocycles. The molecule has 0 saturated carbocycles. The van der Waals surface area contributed by atoms with E-state index in [9.17, 15) is 4.79 Å². The SMILES string of the molecule is CC(C)(C)c1ccc2[nH]c(=O)c(C#N)cc2c1. The summed E-state index contributed by atoms with van der Waals surface area (Å²) >= 11 is 0. The van der Waals surface area contributed by atoms with Gasteiger partial charge in [-0.25, -0.2) is 0 Å². The molecular weight excluding hydrogens is 212 g/mol. The summed E-state index contributed by atoms with van der Waals surface area (Å²) in [5, 5.41) is 9.73. The molecule has 0 aliphatic rings. The first kappa shape index (κ1) is 11.4. The molecule has 3 nitrogen and oxygen atoms in total. The molecule has 0 saturated heterocycles. The molecule has 0 atom stereocenters. The van der Waals surface area contributed by atoms with Gasteiger partial charge < -0.3 is 4.98 Å². The Labute approximate surface area is 99.7 Å². The van der Waals surface area contributed by atoms with Crippen molar-refractivity contribution in [3.63, 3.8) is 0 Å². The summed E-state index contributed by atoms with van der Waals surface area (Å²) in [5.41, 5.74) is 1.83. The molecule has 0 fully saturated rings. The Balaban J connectivity index is 2.74. The average Bonchev–Trinajstić information content (AvgIpc) is 2.26. The summed E-state index contributed by atoms with van der Waals surface area (Å²) in [6, 6.07) is 9.46. The van der Waals surface area contributed by atoms with Gasteiger partial charge >= 0.3 is 0 Å². The lowest BCUT2D eigenvalue weighted by atomic mass is 9.86. The zero-order chi connectivity index (χ0) is 12.6. The van der Waals surface area contributed by atoms with Gasteiger partial charge in [-0.1, -0.05) is 26.8 Å². The number of rotatable bonds is 0. The fourth-order valence-corrected chi connectivity index (χ4v) is 1.76. The number of aromatic nitrogens is 1. The van der Waals surface area contributed by atoms with Crippen LogP contribution < -0.4 is 5.56 Å². The van der Waals surface area contributed by atoms with Crippen molar-refractivity contribution in [2.75, 3.05) is 0 Å². The number of H-pyrrole nitrogens is 1. The number of nitriles is 1. The fourth-order valence-electron chi connectivity index (χ4n) is 1.76. The summed E-state index contributed by atoms with van der Waals surface area (Å²) in [6.45, 7) is 6.39. The number of hydrogen-bond acceptors (Lipinski definition) is 2. The van der Waals surface area contributed by atoms with Crippen molar-refractivity contribution < 1.29 is 0 Å². The van der Waals surface area contributed by atoms with Crippen molar-refractivity contribution >= 4 is 10.9 Å². The van der Waals surface area contributed by atoms with Crippen LogP contribution in [0.25, 0.3) is 10.9 Å². The maximum absolute atomic E-state index is 11.5. The van der Waals surface area contributed by atoms with Crippen LogP contribution in [0.5, 0.6) is 0 Å². The van der Waals surface area contributed by atoms with Crippen molar-refractivity contribution in [2.24, 2.45) is 0 Å². The molecule has 0 aliphatic carbocycles. The van der Waals surface area contributed by atoms with Gasteiger partial charge in [0.05, 0.1) is 0 Å². The van der Waals surface area contributed by atoms with Crippen LogP contribution in [0.3, 0.4) is 0 Å². The van der Waals surface area contributed by atoms with Crippen molar-refractivity contribution in [3.05, 3.63) is 45.7 Å². The van der Waals surface area contributed by atoms with Crippen LogP contribution in [-0.4, -0.2) is 4.98 Å². The molecule has 0 aliphatic heterocycles. The Morgan fingerprint density at radius 2 is 1.94 bits per heavy atom. The number of pyridine rings is 1. The number of fused-ring (bicyclic) bond motifs is 1. The van der Waals surface area contributed by atoms with E-state index in [1.54, 1.807) is 6.07 Å². The number of hydrogen-bond donors (Lipinski definition) is 1. The Kier molecular flexibility index (Phi) is 2.51. The molecule has 1 heterocycles. The lowest BCUT2D eigenvalue weighted by molar-refractivity contribution is 0.591. The third-order valence-corrected chi connectivity index (χ3v) is 2.83. The van der Waals surface area contributed by atoms with Crippen LogP contribution in [0, 0.1) is 11.3 Å². The van der Waals surface area contributed by atoms with E-state index >= 15 is 0 Å². The van der Waals surface area contributed by atoms with E-state index in [0.29, 0.717) is 0 Å². The number of benzene rings is 1. The van der Waals surface area contributed by atoms with Gasteiger partial charge in [-0.3, -0.25) is 4.79 Å². The van der Waals surface area contributed by atoms with Crippen LogP contribution in [0.4, 0.5) is 0 Å². The highest BCUT2D eigenvalue weighted by molar-refractivity contribution is 5.80. The molecule has 2 aromatic rings. The van der Waals surface area contributed by atoms with E-state index in [1.165, 1.54) is 5.56 Å². The first-order chi connectivity index (χ1) is 7.91. The maximum atomic E-state index is 11.5. The number of nitrogens with zero attached hydrogens (tertiary/aromatic N) is 1. The fraction of sp³-hybridized carbons (Fsp3) is 0.286. The summed E-state index contributed by atoms with van der Waals surface area (Å²) < 4.78 is 0. The second-order valence-corrected chi connectivity index (χ2v) is 5.18. The van der Waals surface area contributed by atoms with Gasteiger partial charge in [0, 0.05) is 5.52 Å². The molecule has 0 unspecified atom stereocenters. The highest BCUT2D eigenvalue weighted by atomic mass is 16.1. The van der Waals surface area contributed by atoms with Crippen molar-refractivity contribution in [1.82, 2.24) is 4.98 Å². The summed E-state index contributed by atoms with van der Waals surface area (Å²) in [6.07, 6.45) is 0. The lowest BCUT2D eigenvalue weighted by Crippen LogP contribution is -2.12. The Morgan fingerprint density at radius 3 is 2.53 bits per heavy atom. The van der Waals surface area contributed by atoms with Crippen LogP contribution in [-0.2, 0) is 5.41 Å². The zero-order valence-electron chi connectivity index (χ0n) is 10.2. The predicted molar refractivity (Wildman–Crippen MR) is 68.0 cm³/mol. The smallest absolute Gasteiger partial charge is 0.266 e. The number of nitrogens with one attached hydrogen (secondary N) is 1. The Hall–Kier alpha value is -2.08. The molecule has 17 heavy (non-hydrogen) atoms. The first-order valence-electron chi connectivity index (χ1n) is 5.49. The topological polar surface area (TPSA) is 56.6 Å². The van der Waals surface area contributed by atoms with Gasteiger partial charge in [0.15, 0.2) is 0 Å². The molecule has 86 valence electrons. The van der Waals surface area contributed by atoms with Gasteiger partial charge in [0.25, 0.3) is 5.56 Å². The minimum absolute atomic E-state index is 0.0527. The van der Waals surface area contributed by atoms with Gasteiger partial charge in [0.1, 0.15) is 11.6 Å². The average molecular weight is 226 g/mol. The molecule has 0 bridgehead atoms. The number of aromatic amines is 1. The minimum atomic E-state index is -0.330. The van der Waals surface area contributed by atoms with Crippen LogP contribution in [0.15, 0.2) is 29.1 Å². The van der Waals surface area contributed by atoms with Crippen molar-refractivity contribution in [1.29, 1.82) is 5.26 Å². The Bertz CT molecular complexity index is 669. The summed E-state index contributed by atoms with van der Waals surface area (Å²) in [7, 11) is 0. The van der Waals surface area contributed by atoms with E-state index in [0.717, 1.165) is 10.9 Å². The van der Waals surface area contributed by atoms with Crippen molar-refractivity contribution in [2.45, 2.75) is 26.2 Å². The van der Waals surface area contributed by atoms with Crippen molar-refractivity contribution in [3.8, 4) is 6.07 Å². The van der Waals surface area contributed by atoms with Crippen LogP contribution >= 0.6 is 0 Å². The largest absolute Gasteiger partial charge is 0.321 e. The highest BCUT2D eigenvalue weighted by Crippen LogP contribution is 2.25. The van der Waals surface area contributed by atoms with Gasteiger partial charge in [0.2, 0.25) is 0 Å². The standard InChI is InChI=1S/C14H14N2O/c1-14(2,3)11-4-5-12-9(7-11)6-10(8-15)13(17)16-12/h4-7H,1-3H3,(H,16,17). The first-order valence-corrected chi connectivity index (χ1v) is 5.49. The predicted octanol–water partition coefficient (Wildman–Crippen LogP) is 2.70. The van der Waals surface area contributed by atoms with Gasteiger partial charge in [-0.15, -0.1) is 0 Å². The molecule has 0 spiro atoms. The third kappa shape index (κ3) is 2.07. The summed E-state index contributed by atoms with van der Waals surface area (Å²) in [4.78, 5) is 14.2. The molecule has 3 heteroatoms. The van der Waals surface area contributed by atoms with Gasteiger partial charge in [-0.2, -0.15) is 5.26 Å². The highest BCUT2D eigenvalue weighted by Gasteiger charge is 2.14. The molecule has 0 amide bonds. The zero-order valence-corrected chi connectivity index (χ0v) is 10.2.